The van der Waals surface area contributed by atoms with Gasteiger partial charge in [-0.15, -0.1) is 0 Å². The maximum absolute atomic E-state index is 12.4. The lowest BCUT2D eigenvalue weighted by molar-refractivity contribution is -0.128. The largest absolute Gasteiger partial charge is 0.493 e. The van der Waals surface area contributed by atoms with Gasteiger partial charge in [-0.1, -0.05) is 30.7 Å². The van der Waals surface area contributed by atoms with Gasteiger partial charge in [-0.2, -0.15) is 0 Å². The third-order valence-corrected chi connectivity index (χ3v) is 4.36. The van der Waals surface area contributed by atoms with Crippen molar-refractivity contribution in [1.29, 1.82) is 0 Å². The molecule has 0 saturated carbocycles. The molecule has 27 heavy (non-hydrogen) atoms. The Morgan fingerprint density at radius 2 is 1.89 bits per heavy atom. The van der Waals surface area contributed by atoms with Gasteiger partial charge in [-0.25, -0.2) is 0 Å². The van der Waals surface area contributed by atoms with Crippen molar-refractivity contribution in [2.24, 2.45) is 0 Å². The van der Waals surface area contributed by atoms with Crippen molar-refractivity contribution in [1.82, 2.24) is 5.32 Å². The Bertz CT molecular complexity index is 751. The number of methoxy groups -OCH3 is 2. The second-order valence-corrected chi connectivity index (χ2v) is 6.49. The lowest BCUT2D eigenvalue weighted by Crippen LogP contribution is -2.38. The topological polar surface area (TPSA) is 56.8 Å². The zero-order valence-corrected chi connectivity index (χ0v) is 16.7. The number of amides is 1. The molecule has 2 aromatic rings. The molecule has 0 aliphatic heterocycles. The molecule has 1 N–H and O–H groups in total. The van der Waals surface area contributed by atoms with Crippen LogP contribution in [0.4, 0.5) is 0 Å². The van der Waals surface area contributed by atoms with Gasteiger partial charge in [0.1, 0.15) is 5.75 Å². The first-order valence-electron chi connectivity index (χ1n) is 8.98. The molecule has 2 rings (SSSR count). The predicted molar refractivity (Wildman–Crippen MR) is 107 cm³/mol. The van der Waals surface area contributed by atoms with Crippen molar-refractivity contribution in [3.05, 3.63) is 53.1 Å². The van der Waals surface area contributed by atoms with E-state index in [1.807, 2.05) is 25.1 Å². The van der Waals surface area contributed by atoms with E-state index in [4.69, 9.17) is 25.8 Å². The van der Waals surface area contributed by atoms with Crippen LogP contribution in [-0.4, -0.2) is 32.8 Å². The summed E-state index contributed by atoms with van der Waals surface area (Å²) in [5.74, 6) is 1.89. The first kappa shape index (κ1) is 20.9. The molecule has 0 aliphatic carbocycles. The highest BCUT2D eigenvalue weighted by molar-refractivity contribution is 6.30. The Hall–Kier alpha value is -2.40. The highest BCUT2D eigenvalue weighted by Crippen LogP contribution is 2.27. The molecule has 0 fully saturated rings. The molecule has 2 aromatic carbocycles. The van der Waals surface area contributed by atoms with Gasteiger partial charge in [0.2, 0.25) is 0 Å². The zero-order valence-electron chi connectivity index (χ0n) is 16.0. The van der Waals surface area contributed by atoms with Crippen molar-refractivity contribution >= 4 is 17.5 Å². The normalized spacial score (nSPS) is 11.6. The number of hydrogen-bond donors (Lipinski definition) is 1. The number of nitrogens with one attached hydrogen (secondary N) is 1. The Morgan fingerprint density at radius 3 is 2.56 bits per heavy atom. The summed E-state index contributed by atoms with van der Waals surface area (Å²) in [4.78, 5) is 12.4. The van der Waals surface area contributed by atoms with Crippen LogP contribution in [0.5, 0.6) is 17.2 Å². The summed E-state index contributed by atoms with van der Waals surface area (Å²) in [5.41, 5.74) is 1.13. The molecule has 1 amide bonds. The van der Waals surface area contributed by atoms with Crippen molar-refractivity contribution in [3.8, 4) is 17.2 Å². The van der Waals surface area contributed by atoms with Gasteiger partial charge in [0.15, 0.2) is 17.6 Å². The molecule has 0 aromatic heterocycles. The molecular weight excluding hydrogens is 366 g/mol. The van der Waals surface area contributed by atoms with E-state index in [0.29, 0.717) is 35.2 Å². The van der Waals surface area contributed by atoms with Gasteiger partial charge in [0.05, 0.1) is 14.2 Å². The molecule has 0 aliphatic rings. The number of benzene rings is 2. The summed E-state index contributed by atoms with van der Waals surface area (Å²) >= 11 is 5.95. The van der Waals surface area contributed by atoms with Gasteiger partial charge in [-0.3, -0.25) is 4.79 Å². The molecule has 6 heteroatoms. The van der Waals surface area contributed by atoms with E-state index in [1.54, 1.807) is 38.5 Å². The second-order valence-electron chi connectivity index (χ2n) is 6.06. The lowest BCUT2D eigenvalue weighted by Gasteiger charge is -2.17. The average Bonchev–Trinajstić information content (AvgIpc) is 2.69. The Kier molecular flexibility index (Phi) is 8.27. The fourth-order valence-corrected chi connectivity index (χ4v) is 2.86. The summed E-state index contributed by atoms with van der Waals surface area (Å²) in [6, 6.07) is 12.9. The monoisotopic (exact) mass is 391 g/mol. The minimum absolute atomic E-state index is 0.121. The van der Waals surface area contributed by atoms with Crippen molar-refractivity contribution in [2.75, 3.05) is 20.8 Å². The van der Waals surface area contributed by atoms with Crippen LogP contribution in [0.3, 0.4) is 0 Å². The highest BCUT2D eigenvalue weighted by atomic mass is 35.5. The minimum Gasteiger partial charge on any atom is -0.493 e. The summed E-state index contributed by atoms with van der Waals surface area (Å²) in [6.45, 7) is 2.49. The fraction of sp³-hybridized carbons (Fsp3) is 0.381. The van der Waals surface area contributed by atoms with Crippen molar-refractivity contribution < 1.29 is 19.0 Å². The lowest BCUT2D eigenvalue weighted by atomic mass is 10.1. The highest BCUT2D eigenvalue weighted by Gasteiger charge is 2.18. The maximum atomic E-state index is 12.4. The van der Waals surface area contributed by atoms with Gasteiger partial charge >= 0.3 is 0 Å². The third-order valence-electron chi connectivity index (χ3n) is 4.13. The SMILES string of the molecule is CC[C@H](Oc1cccc(Cl)c1)C(=O)NCCCc1ccc(OC)c(OC)c1. The number of aryl methyl sites for hydroxylation is 1. The maximum Gasteiger partial charge on any atom is 0.261 e. The van der Waals surface area contributed by atoms with Crippen LogP contribution in [0.1, 0.15) is 25.3 Å². The predicted octanol–water partition coefficient (Wildman–Crippen LogP) is 4.26. The summed E-state index contributed by atoms with van der Waals surface area (Å²) < 4.78 is 16.3. The number of halogens is 1. The first-order chi connectivity index (χ1) is 13.1. The molecule has 0 unspecified atom stereocenters. The fourth-order valence-electron chi connectivity index (χ4n) is 2.68. The van der Waals surface area contributed by atoms with Crippen LogP contribution in [0, 0.1) is 0 Å². The van der Waals surface area contributed by atoms with Gasteiger partial charge < -0.3 is 19.5 Å². The molecule has 1 atom stereocenters. The summed E-state index contributed by atoms with van der Waals surface area (Å²) in [7, 11) is 3.23. The molecule has 0 spiro atoms. The number of carbonyl (C=O) groups is 1. The van der Waals surface area contributed by atoms with Gasteiger partial charge in [0.25, 0.3) is 5.91 Å². The Morgan fingerprint density at radius 1 is 1.11 bits per heavy atom. The van der Waals surface area contributed by atoms with E-state index in [1.165, 1.54) is 0 Å². The molecule has 0 heterocycles. The molecule has 0 saturated heterocycles. The van der Waals surface area contributed by atoms with E-state index in [-0.39, 0.29) is 5.91 Å². The quantitative estimate of drug-likeness (QED) is 0.615. The Balaban J connectivity index is 1.80. The molecular formula is C21H26ClNO4. The first-order valence-corrected chi connectivity index (χ1v) is 9.36. The van der Waals surface area contributed by atoms with Crippen molar-refractivity contribution in [2.45, 2.75) is 32.3 Å². The van der Waals surface area contributed by atoms with Crippen molar-refractivity contribution in [3.63, 3.8) is 0 Å². The number of rotatable bonds is 10. The number of carbonyl (C=O) groups excluding carboxylic acids is 1. The zero-order chi connectivity index (χ0) is 19.6. The smallest absolute Gasteiger partial charge is 0.261 e. The van der Waals surface area contributed by atoms with E-state index in [0.717, 1.165) is 18.4 Å². The van der Waals surface area contributed by atoms with Crippen LogP contribution in [0.15, 0.2) is 42.5 Å². The van der Waals surface area contributed by atoms with Crippen LogP contribution >= 0.6 is 11.6 Å². The number of ether oxygens (including phenoxy) is 3. The summed E-state index contributed by atoms with van der Waals surface area (Å²) in [5, 5.41) is 3.52. The molecule has 146 valence electrons. The Labute approximate surface area is 165 Å². The average molecular weight is 392 g/mol. The van der Waals surface area contributed by atoms with E-state index >= 15 is 0 Å². The standard InChI is InChI=1S/C21H26ClNO4/c1-4-18(27-17-9-5-8-16(22)14-17)21(24)23-12-6-7-15-10-11-19(25-2)20(13-15)26-3/h5,8-11,13-14,18H,4,6-7,12H2,1-3H3,(H,23,24)/t18-/m0/s1. The van der Waals surface area contributed by atoms with Gasteiger partial charge in [-0.05, 0) is 55.2 Å². The minimum atomic E-state index is -0.537. The van der Waals surface area contributed by atoms with E-state index in [2.05, 4.69) is 5.32 Å². The third kappa shape index (κ3) is 6.36. The second kappa shape index (κ2) is 10.7. The number of hydrogen-bond acceptors (Lipinski definition) is 4. The van der Waals surface area contributed by atoms with Crippen LogP contribution in [0.25, 0.3) is 0 Å². The van der Waals surface area contributed by atoms with Crippen LogP contribution in [0.2, 0.25) is 5.02 Å². The summed E-state index contributed by atoms with van der Waals surface area (Å²) in [6.07, 6.45) is 1.68. The van der Waals surface area contributed by atoms with Crippen LogP contribution < -0.4 is 19.5 Å². The van der Waals surface area contributed by atoms with Gasteiger partial charge in [0, 0.05) is 11.6 Å². The molecule has 0 bridgehead atoms. The van der Waals surface area contributed by atoms with Crippen LogP contribution in [-0.2, 0) is 11.2 Å². The van der Waals surface area contributed by atoms with E-state index in [9.17, 15) is 4.79 Å². The molecule has 5 nitrogen and oxygen atoms in total. The van der Waals surface area contributed by atoms with E-state index < -0.39 is 6.10 Å². The molecule has 0 radical (unpaired) electrons.